The van der Waals surface area contributed by atoms with Gasteiger partial charge in [0.2, 0.25) is 5.75 Å². The zero-order chi connectivity index (χ0) is 21.0. The Kier molecular flexibility index (Phi) is 5.87. The SMILES string of the molecule is COC(=O)c1c(OC)c(OC)c2oc(C=Cc3ccccc3)cc(=O)c2c1OC. The third-order valence-electron chi connectivity index (χ3n) is 4.30. The van der Waals surface area contributed by atoms with Gasteiger partial charge in [-0.2, -0.15) is 0 Å². The van der Waals surface area contributed by atoms with Gasteiger partial charge < -0.3 is 23.4 Å². The molecule has 0 saturated heterocycles. The lowest BCUT2D eigenvalue weighted by Gasteiger charge is -2.17. The van der Waals surface area contributed by atoms with E-state index < -0.39 is 11.4 Å². The molecule has 0 unspecified atom stereocenters. The molecule has 0 aliphatic heterocycles. The van der Waals surface area contributed by atoms with E-state index in [1.807, 2.05) is 36.4 Å². The first-order valence-electron chi connectivity index (χ1n) is 8.66. The molecule has 3 aromatic rings. The monoisotopic (exact) mass is 396 g/mol. The number of methoxy groups -OCH3 is 4. The number of hydrogen-bond donors (Lipinski definition) is 0. The van der Waals surface area contributed by atoms with Gasteiger partial charge in [-0.15, -0.1) is 0 Å². The van der Waals surface area contributed by atoms with Crippen LogP contribution in [0.1, 0.15) is 21.7 Å². The molecule has 0 aliphatic carbocycles. The second-order valence-electron chi connectivity index (χ2n) is 5.93. The summed E-state index contributed by atoms with van der Waals surface area (Å²) in [5, 5.41) is 0.0578. The minimum absolute atomic E-state index is 0.00293. The van der Waals surface area contributed by atoms with Crippen molar-refractivity contribution in [2.24, 2.45) is 0 Å². The van der Waals surface area contributed by atoms with Gasteiger partial charge in [-0.3, -0.25) is 4.79 Å². The number of fused-ring (bicyclic) bond motifs is 1. The zero-order valence-corrected chi connectivity index (χ0v) is 16.5. The fourth-order valence-electron chi connectivity index (χ4n) is 3.03. The third-order valence-corrected chi connectivity index (χ3v) is 4.30. The molecule has 7 heteroatoms. The lowest BCUT2D eigenvalue weighted by molar-refractivity contribution is 0.0593. The Hall–Kier alpha value is -3.74. The smallest absolute Gasteiger partial charge is 0.345 e. The molecular weight excluding hydrogens is 376 g/mol. The van der Waals surface area contributed by atoms with Crippen molar-refractivity contribution in [2.75, 3.05) is 28.4 Å². The average Bonchev–Trinajstić information content (AvgIpc) is 2.76. The van der Waals surface area contributed by atoms with Gasteiger partial charge in [0.1, 0.15) is 16.7 Å². The summed E-state index contributed by atoms with van der Waals surface area (Å²) in [6, 6.07) is 10.9. The van der Waals surface area contributed by atoms with Crippen LogP contribution in [0.2, 0.25) is 0 Å². The summed E-state index contributed by atoms with van der Waals surface area (Å²) in [5.41, 5.74) is 0.594. The highest BCUT2D eigenvalue weighted by atomic mass is 16.5. The second-order valence-corrected chi connectivity index (χ2v) is 5.93. The molecule has 29 heavy (non-hydrogen) atoms. The van der Waals surface area contributed by atoms with Gasteiger partial charge in [-0.05, 0) is 11.6 Å². The molecule has 0 radical (unpaired) electrons. The van der Waals surface area contributed by atoms with Gasteiger partial charge >= 0.3 is 5.97 Å². The number of benzene rings is 2. The molecule has 0 fully saturated rings. The number of esters is 1. The maximum absolute atomic E-state index is 12.9. The Bertz CT molecular complexity index is 1130. The summed E-state index contributed by atoms with van der Waals surface area (Å²) in [5.74, 6) is -0.283. The van der Waals surface area contributed by atoms with Crippen LogP contribution in [0.15, 0.2) is 45.6 Å². The van der Waals surface area contributed by atoms with Crippen molar-refractivity contribution in [1.82, 2.24) is 0 Å². The van der Waals surface area contributed by atoms with Crippen molar-refractivity contribution in [1.29, 1.82) is 0 Å². The van der Waals surface area contributed by atoms with Crippen molar-refractivity contribution in [3.8, 4) is 17.2 Å². The largest absolute Gasteiger partial charge is 0.495 e. The van der Waals surface area contributed by atoms with Crippen molar-refractivity contribution in [2.45, 2.75) is 0 Å². The maximum Gasteiger partial charge on any atom is 0.345 e. The van der Waals surface area contributed by atoms with E-state index >= 15 is 0 Å². The Morgan fingerprint density at radius 1 is 0.897 bits per heavy atom. The van der Waals surface area contributed by atoms with Crippen LogP contribution in [0.5, 0.6) is 17.2 Å². The molecule has 0 N–H and O–H groups in total. The summed E-state index contributed by atoms with van der Waals surface area (Å²) in [6.07, 6.45) is 3.48. The molecule has 1 aromatic heterocycles. The van der Waals surface area contributed by atoms with Crippen molar-refractivity contribution in [3.05, 3.63) is 63.5 Å². The fraction of sp³-hybridized carbons (Fsp3) is 0.182. The van der Waals surface area contributed by atoms with Crippen molar-refractivity contribution in [3.63, 3.8) is 0 Å². The molecule has 0 aliphatic rings. The predicted octanol–water partition coefficient (Wildman–Crippen LogP) is 3.78. The fourth-order valence-corrected chi connectivity index (χ4v) is 3.03. The molecule has 0 amide bonds. The van der Waals surface area contributed by atoms with E-state index in [4.69, 9.17) is 23.4 Å². The van der Waals surface area contributed by atoms with Gasteiger partial charge in [-0.1, -0.05) is 36.4 Å². The Labute approximate surface area is 167 Å². The van der Waals surface area contributed by atoms with Gasteiger partial charge in [0, 0.05) is 6.07 Å². The van der Waals surface area contributed by atoms with E-state index in [1.54, 1.807) is 6.08 Å². The molecule has 0 saturated carbocycles. The first-order chi connectivity index (χ1) is 14.0. The van der Waals surface area contributed by atoms with E-state index in [2.05, 4.69) is 0 Å². The van der Waals surface area contributed by atoms with E-state index in [0.29, 0.717) is 5.76 Å². The molecule has 3 rings (SSSR count). The predicted molar refractivity (Wildman–Crippen MR) is 109 cm³/mol. The van der Waals surface area contributed by atoms with E-state index in [-0.39, 0.29) is 33.8 Å². The molecule has 2 aromatic carbocycles. The highest BCUT2D eigenvalue weighted by Crippen LogP contribution is 2.45. The highest BCUT2D eigenvalue weighted by Gasteiger charge is 2.30. The molecule has 150 valence electrons. The van der Waals surface area contributed by atoms with Crippen LogP contribution in [-0.4, -0.2) is 34.4 Å². The first-order valence-corrected chi connectivity index (χ1v) is 8.66. The van der Waals surface area contributed by atoms with Crippen LogP contribution in [0.4, 0.5) is 0 Å². The molecule has 0 spiro atoms. The zero-order valence-electron chi connectivity index (χ0n) is 16.5. The van der Waals surface area contributed by atoms with Crippen molar-refractivity contribution < 1.29 is 28.2 Å². The number of rotatable bonds is 6. The van der Waals surface area contributed by atoms with Crippen LogP contribution in [0.25, 0.3) is 23.1 Å². The quantitative estimate of drug-likeness (QED) is 0.586. The normalized spacial score (nSPS) is 10.9. The molecular formula is C22H20O7. The number of carbonyl (C=O) groups excluding carboxylic acids is 1. The summed E-state index contributed by atoms with van der Waals surface area (Å²) in [6.45, 7) is 0. The van der Waals surface area contributed by atoms with Crippen molar-refractivity contribution >= 4 is 29.1 Å². The Balaban J connectivity index is 2.32. The van der Waals surface area contributed by atoms with E-state index in [9.17, 15) is 9.59 Å². The summed E-state index contributed by atoms with van der Waals surface area (Å²) >= 11 is 0. The lowest BCUT2D eigenvalue weighted by Crippen LogP contribution is -2.12. The first kappa shape index (κ1) is 20.0. The van der Waals surface area contributed by atoms with Crippen LogP contribution < -0.4 is 19.6 Å². The molecule has 7 nitrogen and oxygen atoms in total. The van der Waals surface area contributed by atoms with E-state index in [0.717, 1.165) is 5.56 Å². The third kappa shape index (κ3) is 3.67. The summed E-state index contributed by atoms with van der Waals surface area (Å²) in [7, 11) is 5.32. The van der Waals surface area contributed by atoms with Gasteiger partial charge in [-0.25, -0.2) is 4.79 Å². The van der Waals surface area contributed by atoms with Crippen LogP contribution in [0.3, 0.4) is 0 Å². The van der Waals surface area contributed by atoms with Crippen LogP contribution in [0, 0.1) is 0 Å². The van der Waals surface area contributed by atoms with E-state index in [1.165, 1.54) is 34.5 Å². The van der Waals surface area contributed by atoms with Crippen LogP contribution >= 0.6 is 0 Å². The topological polar surface area (TPSA) is 84.2 Å². The summed E-state index contributed by atoms with van der Waals surface area (Å²) in [4.78, 5) is 25.2. The highest BCUT2D eigenvalue weighted by molar-refractivity contribution is 6.06. The van der Waals surface area contributed by atoms with Gasteiger partial charge in [0.25, 0.3) is 0 Å². The number of carbonyl (C=O) groups is 1. The molecule has 0 atom stereocenters. The molecule has 1 heterocycles. The van der Waals surface area contributed by atoms with Crippen LogP contribution in [-0.2, 0) is 4.74 Å². The minimum atomic E-state index is -0.730. The van der Waals surface area contributed by atoms with Gasteiger partial charge in [0.15, 0.2) is 22.5 Å². The minimum Gasteiger partial charge on any atom is -0.495 e. The number of hydrogen-bond acceptors (Lipinski definition) is 7. The Morgan fingerprint density at radius 2 is 1.55 bits per heavy atom. The summed E-state index contributed by atoms with van der Waals surface area (Å²) < 4.78 is 26.9. The maximum atomic E-state index is 12.9. The average molecular weight is 396 g/mol. The van der Waals surface area contributed by atoms with Gasteiger partial charge in [0.05, 0.1) is 28.4 Å². The Morgan fingerprint density at radius 3 is 2.14 bits per heavy atom. The lowest BCUT2D eigenvalue weighted by atomic mass is 10.1. The molecule has 0 bridgehead atoms. The second kappa shape index (κ2) is 8.52. The standard InChI is InChI=1S/C22H20O7/c1-25-18-16-15(23)12-14(11-10-13-8-6-5-7-9-13)29-20(16)21(27-3)19(26-2)17(18)22(24)28-4/h5-12H,1-4H3. The number of ether oxygens (including phenoxy) is 4.